The van der Waals surface area contributed by atoms with Gasteiger partial charge in [0.25, 0.3) is 0 Å². The van der Waals surface area contributed by atoms with Gasteiger partial charge >= 0.3 is 0 Å². The lowest BCUT2D eigenvalue weighted by Gasteiger charge is -2.30. The molecule has 0 aliphatic rings. The maximum absolute atomic E-state index is 9.72. The van der Waals surface area contributed by atoms with Crippen LogP contribution in [0.4, 0.5) is 0 Å². The zero-order valence-electron chi connectivity index (χ0n) is 10.5. The maximum atomic E-state index is 9.72. The molecule has 2 unspecified atom stereocenters. The van der Waals surface area contributed by atoms with Gasteiger partial charge in [0.15, 0.2) is 0 Å². The van der Waals surface area contributed by atoms with Crippen LogP contribution >= 0.6 is 0 Å². The second-order valence-electron chi connectivity index (χ2n) is 3.96. The number of hydrogen-bond acceptors (Lipinski definition) is 4. The molecule has 0 spiro atoms. The summed E-state index contributed by atoms with van der Waals surface area (Å²) >= 11 is 0. The van der Waals surface area contributed by atoms with Crippen molar-refractivity contribution in [2.45, 2.75) is 32.4 Å². The first kappa shape index (κ1) is 14.8. The molecule has 4 heteroatoms. The predicted octanol–water partition coefficient (Wildman–Crippen LogP) is 0.314. The largest absolute Gasteiger partial charge is 0.390 e. The first-order chi connectivity index (χ1) is 7.15. The molecule has 4 nitrogen and oxygen atoms in total. The summed E-state index contributed by atoms with van der Waals surface area (Å²) in [4.78, 5) is 2.27. The van der Waals surface area contributed by atoms with E-state index in [9.17, 15) is 5.11 Å². The highest BCUT2D eigenvalue weighted by Gasteiger charge is 2.15. The molecule has 92 valence electrons. The summed E-state index contributed by atoms with van der Waals surface area (Å²) in [6.45, 7) is 7.29. The molecule has 0 aromatic carbocycles. The van der Waals surface area contributed by atoms with Crippen molar-refractivity contribution in [1.82, 2.24) is 10.2 Å². The van der Waals surface area contributed by atoms with Gasteiger partial charge in [-0.3, -0.25) is 4.90 Å². The van der Waals surface area contributed by atoms with Crippen LogP contribution in [-0.2, 0) is 4.74 Å². The summed E-state index contributed by atoms with van der Waals surface area (Å²) < 4.78 is 5.07. The molecular weight excluding hydrogens is 192 g/mol. The topological polar surface area (TPSA) is 44.7 Å². The fraction of sp³-hybridized carbons (Fsp3) is 1.00. The number of hydrogen-bond donors (Lipinski definition) is 2. The van der Waals surface area contributed by atoms with Crippen LogP contribution in [0, 0.1) is 0 Å². The molecule has 0 fully saturated rings. The smallest absolute Gasteiger partial charge is 0.0791 e. The zero-order chi connectivity index (χ0) is 11.7. The van der Waals surface area contributed by atoms with Crippen LogP contribution in [0.2, 0.25) is 0 Å². The molecule has 0 aliphatic carbocycles. The minimum absolute atomic E-state index is 0.305. The predicted molar refractivity (Wildman–Crippen MR) is 63.1 cm³/mol. The van der Waals surface area contributed by atoms with Gasteiger partial charge in [0.05, 0.1) is 12.7 Å². The van der Waals surface area contributed by atoms with Gasteiger partial charge in [0.1, 0.15) is 0 Å². The van der Waals surface area contributed by atoms with Crippen molar-refractivity contribution in [1.29, 1.82) is 0 Å². The van der Waals surface area contributed by atoms with Gasteiger partial charge < -0.3 is 15.2 Å². The van der Waals surface area contributed by atoms with E-state index < -0.39 is 0 Å². The Hall–Kier alpha value is -0.160. The molecule has 0 radical (unpaired) electrons. The highest BCUT2D eigenvalue weighted by atomic mass is 16.5. The van der Waals surface area contributed by atoms with E-state index in [0.29, 0.717) is 19.1 Å². The van der Waals surface area contributed by atoms with Crippen LogP contribution in [0.25, 0.3) is 0 Å². The second kappa shape index (κ2) is 9.09. The quantitative estimate of drug-likeness (QED) is 0.585. The average Bonchev–Trinajstić information content (AvgIpc) is 2.23. The summed E-state index contributed by atoms with van der Waals surface area (Å²) in [6, 6.07) is 0.492. The number of ether oxygens (including phenoxy) is 1. The van der Waals surface area contributed by atoms with Crippen LogP contribution in [0.1, 0.15) is 20.3 Å². The van der Waals surface area contributed by atoms with Crippen LogP contribution < -0.4 is 5.32 Å². The van der Waals surface area contributed by atoms with Crippen molar-refractivity contribution in [3.8, 4) is 0 Å². The first-order valence-corrected chi connectivity index (χ1v) is 5.71. The highest BCUT2D eigenvalue weighted by molar-refractivity contribution is 4.71. The molecule has 0 aliphatic heterocycles. The van der Waals surface area contributed by atoms with E-state index in [1.807, 2.05) is 7.05 Å². The van der Waals surface area contributed by atoms with Gasteiger partial charge in [-0.05, 0) is 20.4 Å². The third-order valence-electron chi connectivity index (χ3n) is 2.68. The van der Waals surface area contributed by atoms with Crippen LogP contribution in [0.5, 0.6) is 0 Å². The molecule has 0 amide bonds. The van der Waals surface area contributed by atoms with Gasteiger partial charge in [0.2, 0.25) is 0 Å². The van der Waals surface area contributed by atoms with Crippen molar-refractivity contribution in [2.75, 3.05) is 40.4 Å². The molecule has 15 heavy (non-hydrogen) atoms. The monoisotopic (exact) mass is 218 g/mol. The summed E-state index contributed by atoms with van der Waals surface area (Å²) in [5, 5.41) is 12.7. The molecule has 0 aromatic heterocycles. The summed E-state index contributed by atoms with van der Waals surface area (Å²) in [5.74, 6) is 0. The van der Waals surface area contributed by atoms with Gasteiger partial charge in [-0.25, -0.2) is 0 Å². The molecule has 0 bridgehead atoms. The van der Waals surface area contributed by atoms with Gasteiger partial charge in [-0.2, -0.15) is 0 Å². The number of nitrogens with zero attached hydrogens (tertiary/aromatic N) is 1. The summed E-state index contributed by atoms with van der Waals surface area (Å²) in [7, 11) is 3.56. The Morgan fingerprint density at radius 3 is 2.60 bits per heavy atom. The number of rotatable bonds is 9. The minimum Gasteiger partial charge on any atom is -0.390 e. The second-order valence-corrected chi connectivity index (χ2v) is 3.96. The molecular formula is C11H26N2O2. The number of aliphatic hydroxyl groups excluding tert-OH is 1. The van der Waals surface area contributed by atoms with E-state index in [2.05, 4.69) is 24.1 Å². The van der Waals surface area contributed by atoms with Crippen LogP contribution in [0.3, 0.4) is 0 Å². The van der Waals surface area contributed by atoms with Crippen molar-refractivity contribution < 1.29 is 9.84 Å². The number of likely N-dealkylation sites (N-methyl/N-ethyl adjacent to an activating group) is 1. The Morgan fingerprint density at radius 2 is 2.13 bits per heavy atom. The summed E-state index contributed by atoms with van der Waals surface area (Å²) in [6.07, 6.45) is 0.788. The highest BCUT2D eigenvalue weighted by Crippen LogP contribution is 2.04. The Bertz CT molecular complexity index is 145. The van der Waals surface area contributed by atoms with Crippen LogP contribution in [0.15, 0.2) is 0 Å². The molecule has 2 atom stereocenters. The Labute approximate surface area is 93.6 Å². The zero-order valence-corrected chi connectivity index (χ0v) is 10.5. The molecule has 2 N–H and O–H groups in total. The van der Waals surface area contributed by atoms with Crippen molar-refractivity contribution in [2.24, 2.45) is 0 Å². The van der Waals surface area contributed by atoms with Gasteiger partial charge in [0, 0.05) is 32.8 Å². The van der Waals surface area contributed by atoms with E-state index in [4.69, 9.17) is 4.74 Å². The molecule has 0 saturated carbocycles. The first-order valence-electron chi connectivity index (χ1n) is 5.71. The minimum atomic E-state index is -0.305. The van der Waals surface area contributed by atoms with Crippen LogP contribution in [-0.4, -0.2) is 62.6 Å². The van der Waals surface area contributed by atoms with Gasteiger partial charge in [-0.15, -0.1) is 0 Å². The number of nitrogens with one attached hydrogen (secondary N) is 1. The van der Waals surface area contributed by atoms with E-state index in [1.165, 1.54) is 0 Å². The normalized spacial score (nSPS) is 15.6. The SMILES string of the molecule is CCC(C)N(CCOC)CC(O)CNC. The van der Waals surface area contributed by atoms with E-state index >= 15 is 0 Å². The molecule has 0 saturated heterocycles. The maximum Gasteiger partial charge on any atom is 0.0791 e. The van der Waals surface area contributed by atoms with E-state index in [-0.39, 0.29) is 6.10 Å². The lowest BCUT2D eigenvalue weighted by Crippen LogP contribution is -2.43. The average molecular weight is 218 g/mol. The Balaban J connectivity index is 3.98. The van der Waals surface area contributed by atoms with Crippen molar-refractivity contribution in [3.05, 3.63) is 0 Å². The van der Waals surface area contributed by atoms with E-state index in [0.717, 1.165) is 19.6 Å². The van der Waals surface area contributed by atoms with Crippen molar-refractivity contribution in [3.63, 3.8) is 0 Å². The standard InChI is InChI=1S/C11H26N2O2/c1-5-10(2)13(6-7-15-4)9-11(14)8-12-3/h10-12,14H,5-9H2,1-4H3. The summed E-state index contributed by atoms with van der Waals surface area (Å²) in [5.41, 5.74) is 0. The Kier molecular flexibility index (Phi) is 9.00. The number of aliphatic hydroxyl groups is 1. The lowest BCUT2D eigenvalue weighted by molar-refractivity contribution is 0.0677. The fourth-order valence-corrected chi connectivity index (χ4v) is 1.53. The third kappa shape index (κ3) is 6.84. The number of methoxy groups -OCH3 is 1. The lowest BCUT2D eigenvalue weighted by atomic mass is 10.2. The molecule has 0 aromatic rings. The fourth-order valence-electron chi connectivity index (χ4n) is 1.53. The molecule has 0 heterocycles. The van der Waals surface area contributed by atoms with Crippen molar-refractivity contribution >= 4 is 0 Å². The van der Waals surface area contributed by atoms with E-state index in [1.54, 1.807) is 7.11 Å². The third-order valence-corrected chi connectivity index (χ3v) is 2.68. The Morgan fingerprint density at radius 1 is 1.47 bits per heavy atom. The molecule has 0 rings (SSSR count). The van der Waals surface area contributed by atoms with Gasteiger partial charge in [-0.1, -0.05) is 6.92 Å².